The quantitative estimate of drug-likeness (QED) is 0.917. The van der Waals surface area contributed by atoms with E-state index in [2.05, 4.69) is 5.32 Å². The van der Waals surface area contributed by atoms with Crippen LogP contribution in [-0.4, -0.2) is 24.4 Å². The largest absolute Gasteiger partial charge is 0.353 e. The summed E-state index contributed by atoms with van der Waals surface area (Å²) in [4.78, 5) is 25.6. The maximum atomic E-state index is 12.9. The van der Waals surface area contributed by atoms with Crippen molar-refractivity contribution in [3.05, 3.63) is 30.1 Å². The normalized spacial score (nSPS) is 20.1. The van der Waals surface area contributed by atoms with E-state index >= 15 is 0 Å². The zero-order valence-electron chi connectivity index (χ0n) is 11.7. The first-order chi connectivity index (χ1) is 9.51. The molecule has 0 aliphatic carbocycles. The first-order valence-corrected chi connectivity index (χ1v) is 6.87. The van der Waals surface area contributed by atoms with Crippen molar-refractivity contribution in [1.82, 2.24) is 5.32 Å². The summed E-state index contributed by atoms with van der Waals surface area (Å²) in [6.07, 6.45) is 1.06. The van der Waals surface area contributed by atoms with Crippen molar-refractivity contribution in [2.75, 3.05) is 11.4 Å². The van der Waals surface area contributed by atoms with Crippen LogP contribution in [0.5, 0.6) is 0 Å². The van der Waals surface area contributed by atoms with Crippen LogP contribution in [0, 0.1) is 11.7 Å². The molecule has 2 atom stereocenters. The Morgan fingerprint density at radius 1 is 1.45 bits per heavy atom. The van der Waals surface area contributed by atoms with Crippen molar-refractivity contribution in [3.63, 3.8) is 0 Å². The summed E-state index contributed by atoms with van der Waals surface area (Å²) >= 11 is 0. The van der Waals surface area contributed by atoms with Gasteiger partial charge in [0.2, 0.25) is 11.8 Å². The molecule has 5 heteroatoms. The van der Waals surface area contributed by atoms with Crippen molar-refractivity contribution in [3.8, 4) is 0 Å². The van der Waals surface area contributed by atoms with Gasteiger partial charge in [-0.25, -0.2) is 4.39 Å². The molecule has 1 aromatic carbocycles. The predicted octanol–water partition coefficient (Wildman–Crippen LogP) is 2.09. The fourth-order valence-corrected chi connectivity index (χ4v) is 2.22. The minimum atomic E-state index is -0.341. The van der Waals surface area contributed by atoms with Gasteiger partial charge in [0.05, 0.1) is 5.92 Å². The second-order valence-corrected chi connectivity index (χ2v) is 5.20. The summed E-state index contributed by atoms with van der Waals surface area (Å²) in [5, 5.41) is 2.90. The molecule has 1 heterocycles. The van der Waals surface area contributed by atoms with Crippen LogP contribution in [0.3, 0.4) is 0 Å². The van der Waals surface area contributed by atoms with Crippen molar-refractivity contribution in [2.45, 2.75) is 32.7 Å². The van der Waals surface area contributed by atoms with Crippen LogP contribution in [0.1, 0.15) is 26.7 Å². The molecule has 2 rings (SSSR count). The molecule has 1 aromatic rings. The molecule has 0 saturated carbocycles. The molecule has 1 aliphatic heterocycles. The van der Waals surface area contributed by atoms with Gasteiger partial charge in [-0.15, -0.1) is 0 Å². The van der Waals surface area contributed by atoms with Crippen LogP contribution in [0.4, 0.5) is 10.1 Å². The Bertz CT molecular complexity index is 501. The van der Waals surface area contributed by atoms with Crippen molar-refractivity contribution < 1.29 is 14.0 Å². The third-order valence-electron chi connectivity index (χ3n) is 3.64. The lowest BCUT2D eigenvalue weighted by Crippen LogP contribution is -2.38. The Hall–Kier alpha value is -1.91. The average molecular weight is 278 g/mol. The monoisotopic (exact) mass is 278 g/mol. The number of benzene rings is 1. The minimum Gasteiger partial charge on any atom is -0.353 e. The number of carbonyl (C=O) groups is 2. The molecule has 20 heavy (non-hydrogen) atoms. The summed E-state index contributed by atoms with van der Waals surface area (Å²) in [6.45, 7) is 4.29. The van der Waals surface area contributed by atoms with Gasteiger partial charge in [-0.3, -0.25) is 9.59 Å². The van der Waals surface area contributed by atoms with E-state index in [4.69, 9.17) is 0 Å². The van der Waals surface area contributed by atoms with Gasteiger partial charge in [0.1, 0.15) is 5.82 Å². The smallest absolute Gasteiger partial charge is 0.227 e. The lowest BCUT2D eigenvalue weighted by molar-refractivity contribution is -0.126. The molecule has 0 unspecified atom stereocenters. The molecular weight excluding hydrogens is 259 g/mol. The molecule has 0 radical (unpaired) electrons. The van der Waals surface area contributed by atoms with Crippen molar-refractivity contribution >= 4 is 17.5 Å². The highest BCUT2D eigenvalue weighted by molar-refractivity contribution is 6.00. The summed E-state index contributed by atoms with van der Waals surface area (Å²) in [5.41, 5.74) is 0.634. The number of nitrogens with zero attached hydrogens (tertiary/aromatic N) is 1. The van der Waals surface area contributed by atoms with E-state index < -0.39 is 0 Å². The van der Waals surface area contributed by atoms with Crippen LogP contribution in [0.25, 0.3) is 0 Å². The molecule has 108 valence electrons. The van der Waals surface area contributed by atoms with Gasteiger partial charge in [0.15, 0.2) is 0 Å². The fraction of sp³-hybridized carbons (Fsp3) is 0.467. The summed E-state index contributed by atoms with van der Waals surface area (Å²) in [6, 6.07) is 5.85. The highest BCUT2D eigenvalue weighted by Gasteiger charge is 2.35. The Morgan fingerprint density at radius 2 is 2.10 bits per heavy atom. The van der Waals surface area contributed by atoms with E-state index in [-0.39, 0.29) is 36.0 Å². The Labute approximate surface area is 118 Å². The highest BCUT2D eigenvalue weighted by Crippen LogP contribution is 2.25. The van der Waals surface area contributed by atoms with Crippen LogP contribution in [0.15, 0.2) is 24.3 Å². The fourth-order valence-electron chi connectivity index (χ4n) is 2.22. The number of anilines is 1. The topological polar surface area (TPSA) is 49.4 Å². The molecule has 0 aromatic heterocycles. The van der Waals surface area contributed by atoms with Crippen LogP contribution in [-0.2, 0) is 9.59 Å². The standard InChI is InChI=1S/C15H19FN2O2/c1-3-10(2)17-15(20)11-8-14(19)18(9-11)13-6-4-12(16)5-7-13/h4-7,10-11H,3,8-9H2,1-2H3,(H,17,20)/t10-,11+/m0/s1. The molecule has 0 bridgehead atoms. The van der Waals surface area contributed by atoms with Gasteiger partial charge in [-0.1, -0.05) is 6.92 Å². The number of nitrogens with one attached hydrogen (secondary N) is 1. The van der Waals surface area contributed by atoms with E-state index in [9.17, 15) is 14.0 Å². The van der Waals surface area contributed by atoms with Crippen LogP contribution >= 0.6 is 0 Å². The third-order valence-corrected chi connectivity index (χ3v) is 3.64. The average Bonchev–Trinajstić information content (AvgIpc) is 2.81. The SMILES string of the molecule is CC[C@H](C)NC(=O)[C@@H]1CC(=O)N(c2ccc(F)cc2)C1. The Kier molecular flexibility index (Phi) is 4.37. The van der Waals surface area contributed by atoms with Crippen molar-refractivity contribution in [2.24, 2.45) is 5.92 Å². The maximum Gasteiger partial charge on any atom is 0.227 e. The van der Waals surface area contributed by atoms with E-state index in [1.165, 1.54) is 12.1 Å². The Morgan fingerprint density at radius 3 is 2.70 bits per heavy atom. The van der Waals surface area contributed by atoms with Gasteiger partial charge in [0.25, 0.3) is 0 Å². The number of amides is 2. The molecule has 1 fully saturated rings. The second-order valence-electron chi connectivity index (χ2n) is 5.20. The lowest BCUT2D eigenvalue weighted by atomic mass is 10.1. The van der Waals surface area contributed by atoms with E-state index in [0.29, 0.717) is 12.2 Å². The molecule has 2 amide bonds. The third kappa shape index (κ3) is 3.15. The number of carbonyl (C=O) groups excluding carboxylic acids is 2. The molecule has 1 N–H and O–H groups in total. The summed E-state index contributed by atoms with van der Waals surface area (Å²) < 4.78 is 12.9. The lowest BCUT2D eigenvalue weighted by Gasteiger charge is -2.18. The second kappa shape index (κ2) is 6.03. The number of hydrogen-bond donors (Lipinski definition) is 1. The van der Waals surface area contributed by atoms with Crippen molar-refractivity contribution in [1.29, 1.82) is 0 Å². The number of rotatable bonds is 4. The number of halogens is 1. The molecule has 1 aliphatic rings. The first-order valence-electron chi connectivity index (χ1n) is 6.87. The summed E-state index contributed by atoms with van der Waals surface area (Å²) in [5.74, 6) is -0.855. The zero-order valence-corrected chi connectivity index (χ0v) is 11.7. The predicted molar refractivity (Wildman–Crippen MR) is 74.8 cm³/mol. The van der Waals surface area contributed by atoms with Crippen LogP contribution < -0.4 is 10.2 Å². The summed E-state index contributed by atoms with van der Waals surface area (Å²) in [7, 11) is 0. The zero-order chi connectivity index (χ0) is 14.7. The van der Waals surface area contributed by atoms with Gasteiger partial charge in [0, 0.05) is 24.7 Å². The van der Waals surface area contributed by atoms with Gasteiger partial charge >= 0.3 is 0 Å². The van der Waals surface area contributed by atoms with Crippen LogP contribution in [0.2, 0.25) is 0 Å². The van der Waals surface area contributed by atoms with E-state index in [1.807, 2.05) is 13.8 Å². The molecule has 1 saturated heterocycles. The van der Waals surface area contributed by atoms with E-state index in [1.54, 1.807) is 17.0 Å². The highest BCUT2D eigenvalue weighted by atomic mass is 19.1. The van der Waals surface area contributed by atoms with Gasteiger partial charge in [-0.2, -0.15) is 0 Å². The molecule has 0 spiro atoms. The molecular formula is C15H19FN2O2. The molecule has 4 nitrogen and oxygen atoms in total. The minimum absolute atomic E-state index is 0.0858. The first kappa shape index (κ1) is 14.5. The Balaban J connectivity index is 2.03. The van der Waals surface area contributed by atoms with Gasteiger partial charge in [-0.05, 0) is 37.6 Å². The van der Waals surface area contributed by atoms with E-state index in [0.717, 1.165) is 6.42 Å². The maximum absolute atomic E-state index is 12.9. The number of hydrogen-bond acceptors (Lipinski definition) is 2. The van der Waals surface area contributed by atoms with Gasteiger partial charge < -0.3 is 10.2 Å².